The van der Waals surface area contributed by atoms with Gasteiger partial charge in [-0.15, -0.1) is 0 Å². The molecule has 0 radical (unpaired) electrons. The highest BCUT2D eigenvalue weighted by Gasteiger charge is 2.17. The number of nitrogens with one attached hydrogen (secondary N) is 1. The Morgan fingerprint density at radius 2 is 2.24 bits per heavy atom. The van der Waals surface area contributed by atoms with E-state index in [0.717, 1.165) is 6.07 Å². The molecule has 0 saturated carbocycles. The molecular weight excluding hydrogens is 302 g/mol. The molecule has 110 valence electrons. The Morgan fingerprint density at radius 1 is 1.57 bits per heavy atom. The van der Waals surface area contributed by atoms with E-state index in [9.17, 15) is 19.7 Å². The summed E-state index contributed by atoms with van der Waals surface area (Å²) < 4.78 is 4.62. The van der Waals surface area contributed by atoms with Crippen LogP contribution in [0.2, 0.25) is 5.02 Å². The van der Waals surface area contributed by atoms with Gasteiger partial charge in [0.2, 0.25) is 0 Å². The van der Waals surface area contributed by atoms with Crippen molar-refractivity contribution in [2.24, 2.45) is 0 Å². The minimum atomic E-state index is -0.925. The van der Waals surface area contributed by atoms with Gasteiger partial charge in [0.05, 0.1) is 4.92 Å². The maximum absolute atomic E-state index is 11.7. The largest absolute Gasteiger partial charge is 0.446 e. The number of benzene rings is 1. The molecule has 0 aromatic heterocycles. The van der Waals surface area contributed by atoms with E-state index in [1.165, 1.54) is 19.1 Å². The summed E-state index contributed by atoms with van der Waals surface area (Å²) in [4.78, 5) is 33.0. The minimum absolute atomic E-state index is 0.0211. The fourth-order valence-electron chi connectivity index (χ4n) is 1.31. The average Bonchev–Trinajstić information content (AvgIpc) is 2.44. The van der Waals surface area contributed by atoms with Crippen molar-refractivity contribution < 1.29 is 19.2 Å². The molecule has 1 N–H and O–H groups in total. The van der Waals surface area contributed by atoms with Gasteiger partial charge in [-0.3, -0.25) is 19.7 Å². The molecular formula is C12H10ClN3O5. The summed E-state index contributed by atoms with van der Waals surface area (Å²) in [7, 11) is 0. The molecule has 1 atom stereocenters. The monoisotopic (exact) mass is 311 g/mol. The van der Waals surface area contributed by atoms with E-state index in [1.807, 2.05) is 0 Å². The van der Waals surface area contributed by atoms with Gasteiger partial charge in [-0.25, -0.2) is 0 Å². The van der Waals surface area contributed by atoms with Crippen LogP contribution in [-0.4, -0.2) is 29.4 Å². The molecule has 0 fully saturated rings. The molecule has 1 aromatic carbocycles. The smallest absolute Gasteiger partial charge is 0.326 e. The molecule has 0 aliphatic rings. The summed E-state index contributed by atoms with van der Waals surface area (Å²) in [5.74, 6) is -1.49. The van der Waals surface area contributed by atoms with Crippen molar-refractivity contribution in [2.75, 3.05) is 6.54 Å². The highest BCUT2D eigenvalue weighted by Crippen LogP contribution is 2.24. The van der Waals surface area contributed by atoms with Crippen molar-refractivity contribution in [2.45, 2.75) is 13.0 Å². The summed E-state index contributed by atoms with van der Waals surface area (Å²) in [6.45, 7) is 0.920. The van der Waals surface area contributed by atoms with Crippen LogP contribution in [0.4, 0.5) is 5.69 Å². The molecule has 0 bridgehead atoms. The lowest BCUT2D eigenvalue weighted by molar-refractivity contribution is -0.384. The molecule has 0 heterocycles. The van der Waals surface area contributed by atoms with Crippen LogP contribution in [0.5, 0.6) is 0 Å². The van der Waals surface area contributed by atoms with Crippen molar-refractivity contribution in [1.29, 1.82) is 5.26 Å². The third kappa shape index (κ3) is 4.74. The van der Waals surface area contributed by atoms with Crippen LogP contribution in [0.1, 0.15) is 17.3 Å². The molecule has 1 rings (SSSR count). The zero-order chi connectivity index (χ0) is 16.0. The van der Waals surface area contributed by atoms with Crippen molar-refractivity contribution in [3.05, 3.63) is 38.9 Å². The molecule has 1 aromatic rings. The number of nitrogens with zero attached hydrogens (tertiary/aromatic N) is 2. The molecule has 1 amide bonds. The van der Waals surface area contributed by atoms with Crippen molar-refractivity contribution >= 4 is 29.2 Å². The third-order valence-electron chi connectivity index (χ3n) is 2.29. The Labute approximate surface area is 124 Å². The number of esters is 1. The normalized spacial score (nSPS) is 11.1. The summed E-state index contributed by atoms with van der Waals surface area (Å²) in [5, 5.41) is 21.3. The summed E-state index contributed by atoms with van der Waals surface area (Å²) >= 11 is 5.62. The number of amides is 1. The van der Waals surface area contributed by atoms with E-state index in [1.54, 1.807) is 6.07 Å². The molecule has 0 aliphatic heterocycles. The van der Waals surface area contributed by atoms with Crippen LogP contribution >= 0.6 is 11.6 Å². The lowest BCUT2D eigenvalue weighted by atomic mass is 10.2. The Hall–Kier alpha value is -2.66. The number of nitro groups is 1. The quantitative estimate of drug-likeness (QED) is 0.498. The topological polar surface area (TPSA) is 122 Å². The first-order valence-corrected chi connectivity index (χ1v) is 6.04. The molecule has 9 heteroatoms. The predicted molar refractivity (Wildman–Crippen MR) is 71.6 cm³/mol. The second-order valence-electron chi connectivity index (χ2n) is 3.87. The van der Waals surface area contributed by atoms with Crippen molar-refractivity contribution in [3.8, 4) is 6.07 Å². The second-order valence-corrected chi connectivity index (χ2v) is 4.27. The Kier molecular flexibility index (Phi) is 5.63. The first-order chi connectivity index (χ1) is 9.85. The number of carbonyl (C=O) groups is 2. The van der Waals surface area contributed by atoms with Crippen LogP contribution in [0.15, 0.2) is 18.2 Å². The molecule has 21 heavy (non-hydrogen) atoms. The summed E-state index contributed by atoms with van der Waals surface area (Å²) in [6, 6.07) is 5.20. The number of ether oxygens (including phenoxy) is 1. The van der Waals surface area contributed by atoms with Crippen molar-refractivity contribution in [3.63, 3.8) is 0 Å². The van der Waals surface area contributed by atoms with Gasteiger partial charge >= 0.3 is 5.97 Å². The zero-order valence-corrected chi connectivity index (χ0v) is 11.6. The van der Waals surface area contributed by atoms with Gasteiger partial charge in [0, 0.05) is 11.6 Å². The van der Waals surface area contributed by atoms with Crippen LogP contribution < -0.4 is 5.32 Å². The highest BCUT2D eigenvalue weighted by atomic mass is 35.5. The van der Waals surface area contributed by atoms with Crippen LogP contribution in [0, 0.1) is 21.4 Å². The van der Waals surface area contributed by atoms with E-state index < -0.39 is 35.1 Å². The number of rotatable bonds is 5. The number of nitro benzene ring substituents is 1. The minimum Gasteiger partial charge on any atom is -0.446 e. The predicted octanol–water partition coefficient (Wildman–Crippen LogP) is 1.43. The Bertz CT molecular complexity index is 626. The second kappa shape index (κ2) is 7.21. The maximum atomic E-state index is 11.7. The van der Waals surface area contributed by atoms with E-state index in [-0.39, 0.29) is 10.6 Å². The standard InChI is InChI=1S/C12H10ClN3O5/c1-7(5-14)21-11(17)6-15-12(18)8-2-3-9(13)10(4-8)16(19)20/h2-4,7H,6H2,1H3,(H,15,18)/t7-/m1/s1. The van der Waals surface area contributed by atoms with Gasteiger partial charge in [0.25, 0.3) is 11.6 Å². The number of hydrogen-bond acceptors (Lipinski definition) is 6. The third-order valence-corrected chi connectivity index (χ3v) is 2.61. The molecule has 0 unspecified atom stereocenters. The fourth-order valence-corrected chi connectivity index (χ4v) is 1.50. The Balaban J connectivity index is 2.69. The van der Waals surface area contributed by atoms with Crippen molar-refractivity contribution in [1.82, 2.24) is 5.32 Å². The van der Waals surface area contributed by atoms with Crippen LogP contribution in [-0.2, 0) is 9.53 Å². The lowest BCUT2D eigenvalue weighted by Gasteiger charge is -2.07. The van der Waals surface area contributed by atoms with E-state index >= 15 is 0 Å². The zero-order valence-electron chi connectivity index (χ0n) is 10.8. The molecule has 0 aliphatic carbocycles. The molecule has 0 spiro atoms. The number of nitriles is 1. The first-order valence-electron chi connectivity index (χ1n) is 5.66. The first kappa shape index (κ1) is 16.4. The fraction of sp³-hybridized carbons (Fsp3) is 0.250. The summed E-state index contributed by atoms with van der Waals surface area (Å²) in [5.41, 5.74) is -0.433. The summed E-state index contributed by atoms with van der Waals surface area (Å²) in [6.07, 6.45) is -0.925. The van der Waals surface area contributed by atoms with Gasteiger partial charge in [0.1, 0.15) is 17.6 Å². The van der Waals surface area contributed by atoms with E-state index in [4.69, 9.17) is 16.9 Å². The number of hydrogen-bond donors (Lipinski definition) is 1. The van der Waals surface area contributed by atoms with E-state index in [0.29, 0.717) is 0 Å². The van der Waals surface area contributed by atoms with Gasteiger partial charge in [-0.1, -0.05) is 11.6 Å². The van der Waals surface area contributed by atoms with Gasteiger partial charge in [-0.2, -0.15) is 5.26 Å². The number of carbonyl (C=O) groups excluding carboxylic acids is 2. The molecule has 8 nitrogen and oxygen atoms in total. The van der Waals surface area contributed by atoms with E-state index in [2.05, 4.69) is 10.1 Å². The number of halogens is 1. The SMILES string of the molecule is C[C@H](C#N)OC(=O)CNC(=O)c1ccc(Cl)c([N+](=O)[O-])c1. The maximum Gasteiger partial charge on any atom is 0.326 e. The molecule has 0 saturated heterocycles. The highest BCUT2D eigenvalue weighted by molar-refractivity contribution is 6.32. The van der Waals surface area contributed by atoms with Gasteiger partial charge in [0.15, 0.2) is 6.10 Å². The average molecular weight is 312 g/mol. The van der Waals surface area contributed by atoms with Gasteiger partial charge in [-0.05, 0) is 19.1 Å². The van der Waals surface area contributed by atoms with Gasteiger partial charge < -0.3 is 10.1 Å². The van der Waals surface area contributed by atoms with Crippen LogP contribution in [0.3, 0.4) is 0 Å². The Morgan fingerprint density at radius 3 is 2.81 bits per heavy atom. The lowest BCUT2D eigenvalue weighted by Crippen LogP contribution is -2.31. The van der Waals surface area contributed by atoms with Crippen LogP contribution in [0.25, 0.3) is 0 Å².